The molecule has 0 atom stereocenters. The highest BCUT2D eigenvalue weighted by atomic mass is 28.4. The summed E-state index contributed by atoms with van der Waals surface area (Å²) in [7, 11) is -3.15. The van der Waals surface area contributed by atoms with Crippen molar-refractivity contribution in [2.45, 2.75) is 86.5 Å². The Morgan fingerprint density at radius 1 is 0.522 bits per heavy atom. The minimum atomic E-state index is -1.57. The van der Waals surface area contributed by atoms with Crippen LogP contribution in [0.2, 0.25) is 26.2 Å². The molecule has 0 unspecified atom stereocenters. The highest BCUT2D eigenvalue weighted by molar-refractivity contribution is 6.88. The Morgan fingerprint density at radius 2 is 0.783 bits per heavy atom. The molecule has 0 saturated heterocycles. The van der Waals surface area contributed by atoms with Crippen molar-refractivity contribution in [3.8, 4) is 0 Å². The van der Waals surface area contributed by atoms with Crippen LogP contribution < -0.4 is 0 Å². The van der Waals surface area contributed by atoms with E-state index < -0.39 is 16.8 Å². The van der Waals surface area contributed by atoms with Crippen molar-refractivity contribution in [3.63, 3.8) is 0 Å². The molecular weight excluding hydrogens is 314 g/mol. The molecule has 23 heavy (non-hydrogen) atoms. The lowest BCUT2D eigenvalue weighted by molar-refractivity contribution is 0.345. The summed E-state index contributed by atoms with van der Waals surface area (Å²) in [5.41, 5.74) is 0. The summed E-state index contributed by atoms with van der Waals surface area (Å²) >= 11 is 0. The van der Waals surface area contributed by atoms with Gasteiger partial charge in [0.25, 0.3) is 0 Å². The molecule has 3 nitrogen and oxygen atoms in total. The molecule has 0 fully saturated rings. The first kappa shape index (κ1) is 23.3. The van der Waals surface area contributed by atoms with Crippen LogP contribution >= 0.6 is 0 Å². The van der Waals surface area contributed by atoms with E-state index in [1.807, 2.05) is 0 Å². The molecule has 5 heteroatoms. The maximum atomic E-state index is 2.98. The van der Waals surface area contributed by atoms with Crippen LogP contribution in [0, 0.1) is 0 Å². The van der Waals surface area contributed by atoms with E-state index in [1.54, 1.807) is 0 Å². The van der Waals surface area contributed by atoms with Crippen LogP contribution in [0.3, 0.4) is 0 Å². The van der Waals surface area contributed by atoms with Crippen molar-refractivity contribution >= 4 is 16.8 Å². The average molecular weight is 360 g/mol. The molecule has 0 heterocycles. The van der Waals surface area contributed by atoms with E-state index in [0.717, 1.165) is 0 Å². The highest BCUT2D eigenvalue weighted by Gasteiger charge is 2.46. The Morgan fingerprint density at radius 3 is 0.957 bits per heavy atom. The van der Waals surface area contributed by atoms with E-state index in [4.69, 9.17) is 0 Å². The summed E-state index contributed by atoms with van der Waals surface area (Å²) in [6.07, 6.45) is 5.07. The van der Waals surface area contributed by atoms with Crippen molar-refractivity contribution in [1.29, 1.82) is 0 Å². The average Bonchev–Trinajstić information content (AvgIpc) is 2.46. The molecule has 0 bridgehead atoms. The van der Waals surface area contributed by atoms with Crippen LogP contribution in [0.4, 0.5) is 0 Å². The van der Waals surface area contributed by atoms with Gasteiger partial charge in [-0.25, -0.2) is 0 Å². The zero-order valence-corrected chi connectivity index (χ0v) is 19.7. The summed E-state index contributed by atoms with van der Waals surface area (Å²) in [5.74, 6) is 0. The van der Waals surface area contributed by atoms with E-state index >= 15 is 0 Å². The van der Waals surface area contributed by atoms with Gasteiger partial charge >= 0.3 is 0 Å². The molecule has 0 aromatic carbocycles. The topological polar surface area (TPSA) is 9.72 Å². The lowest BCUT2D eigenvalue weighted by Crippen LogP contribution is -2.74. The fourth-order valence-electron chi connectivity index (χ4n) is 4.18. The quantitative estimate of drug-likeness (QED) is 0.430. The SMILES string of the molecule is CCCN(CCC)[Si](C)(C)N(CC)[Si](C)(C)N(CCC)CCC. The molecule has 0 aromatic rings. The Labute approximate surface area is 149 Å². The van der Waals surface area contributed by atoms with E-state index in [0.29, 0.717) is 0 Å². The summed E-state index contributed by atoms with van der Waals surface area (Å²) in [4.78, 5) is 0. The first-order valence-electron chi connectivity index (χ1n) is 10.0. The normalized spacial score (nSPS) is 13.6. The van der Waals surface area contributed by atoms with Crippen molar-refractivity contribution < 1.29 is 0 Å². The summed E-state index contributed by atoms with van der Waals surface area (Å²) in [5, 5.41) is 0. The van der Waals surface area contributed by atoms with Gasteiger partial charge in [-0.05, 0) is 84.6 Å². The van der Waals surface area contributed by atoms with E-state index in [1.165, 1.54) is 58.4 Å². The maximum Gasteiger partial charge on any atom is 0.194 e. The van der Waals surface area contributed by atoms with Crippen molar-refractivity contribution in [2.75, 3.05) is 32.7 Å². The zero-order valence-electron chi connectivity index (χ0n) is 17.7. The lowest BCUT2D eigenvalue weighted by atomic mass is 10.4. The maximum absolute atomic E-state index is 2.98. The van der Waals surface area contributed by atoms with Gasteiger partial charge in [-0.15, -0.1) is 0 Å². The first-order valence-corrected chi connectivity index (χ1v) is 15.8. The fourth-order valence-corrected chi connectivity index (χ4v) is 15.7. The van der Waals surface area contributed by atoms with Gasteiger partial charge in [0.1, 0.15) is 0 Å². The van der Waals surface area contributed by atoms with Crippen molar-refractivity contribution in [3.05, 3.63) is 0 Å². The molecule has 0 spiro atoms. The fraction of sp³-hybridized carbons (Fsp3) is 1.00. The number of hydrogen-bond donors (Lipinski definition) is 0. The molecule has 0 N–H and O–H groups in total. The lowest BCUT2D eigenvalue weighted by Gasteiger charge is -2.54. The molecule has 0 saturated carbocycles. The van der Waals surface area contributed by atoms with Crippen LogP contribution in [-0.4, -0.2) is 62.9 Å². The van der Waals surface area contributed by atoms with E-state index in [-0.39, 0.29) is 0 Å². The second-order valence-corrected chi connectivity index (χ2v) is 16.5. The highest BCUT2D eigenvalue weighted by Crippen LogP contribution is 2.26. The van der Waals surface area contributed by atoms with Crippen molar-refractivity contribution in [2.24, 2.45) is 0 Å². The zero-order chi connectivity index (χ0) is 18.1. The van der Waals surface area contributed by atoms with Crippen LogP contribution in [-0.2, 0) is 0 Å². The largest absolute Gasteiger partial charge is 0.322 e. The predicted octanol–water partition coefficient (Wildman–Crippen LogP) is 4.96. The van der Waals surface area contributed by atoms with Gasteiger partial charge in [0.2, 0.25) is 0 Å². The van der Waals surface area contributed by atoms with Crippen molar-refractivity contribution in [1.82, 2.24) is 13.4 Å². The monoisotopic (exact) mass is 359 g/mol. The third-order valence-corrected chi connectivity index (χ3v) is 15.7. The molecule has 0 amide bonds. The van der Waals surface area contributed by atoms with Crippen LogP contribution in [0.5, 0.6) is 0 Å². The Bertz CT molecular complexity index is 269. The number of hydrogen-bond acceptors (Lipinski definition) is 3. The van der Waals surface area contributed by atoms with E-state index in [2.05, 4.69) is 74.2 Å². The Balaban J connectivity index is 5.54. The van der Waals surface area contributed by atoms with E-state index in [9.17, 15) is 0 Å². The van der Waals surface area contributed by atoms with Gasteiger partial charge in [0, 0.05) is 0 Å². The molecule has 140 valence electrons. The van der Waals surface area contributed by atoms with Crippen LogP contribution in [0.1, 0.15) is 60.3 Å². The van der Waals surface area contributed by atoms with Crippen LogP contribution in [0.25, 0.3) is 0 Å². The molecule has 0 aliphatic rings. The van der Waals surface area contributed by atoms with Gasteiger partial charge < -0.3 is 13.4 Å². The molecule has 0 radical (unpaired) electrons. The molecule has 0 rings (SSSR count). The summed E-state index contributed by atoms with van der Waals surface area (Å²) in [6.45, 7) is 28.3. The third-order valence-electron chi connectivity index (χ3n) is 5.16. The van der Waals surface area contributed by atoms with Gasteiger partial charge in [0.05, 0.1) is 0 Å². The molecule has 0 aliphatic heterocycles. The number of rotatable bonds is 13. The molecule has 0 aromatic heterocycles. The van der Waals surface area contributed by atoms with Crippen LogP contribution in [0.15, 0.2) is 0 Å². The predicted molar refractivity (Wildman–Crippen MR) is 112 cm³/mol. The standard InChI is InChI=1S/C18H45N3Si2/c1-10-15-19(16-11-2)22(6,7)21(14-5)23(8,9)20(17-12-3)18-13-4/h10-18H2,1-9H3. The first-order chi connectivity index (χ1) is 10.7. The minimum Gasteiger partial charge on any atom is -0.322 e. The summed E-state index contributed by atoms with van der Waals surface area (Å²) < 4.78 is 8.68. The number of nitrogens with zero attached hydrogens (tertiary/aromatic N) is 3. The van der Waals surface area contributed by atoms with Gasteiger partial charge in [-0.1, -0.05) is 34.6 Å². The van der Waals surface area contributed by atoms with Gasteiger partial charge in [0.15, 0.2) is 16.8 Å². The molecule has 0 aliphatic carbocycles. The second kappa shape index (κ2) is 11.0. The Kier molecular flexibility index (Phi) is 11.2. The third kappa shape index (κ3) is 6.27. The van der Waals surface area contributed by atoms with Gasteiger partial charge in [-0.2, -0.15) is 0 Å². The Hall–Kier alpha value is 0.314. The molecular formula is C18H45N3Si2. The van der Waals surface area contributed by atoms with Gasteiger partial charge in [-0.3, -0.25) is 0 Å². The second-order valence-electron chi connectivity index (χ2n) is 7.71. The minimum absolute atomic E-state index is 1.20. The summed E-state index contributed by atoms with van der Waals surface area (Å²) in [6, 6.07) is 0. The smallest absolute Gasteiger partial charge is 0.194 e.